The predicted octanol–water partition coefficient (Wildman–Crippen LogP) is 5.38. The van der Waals surface area contributed by atoms with Gasteiger partial charge in [-0.15, -0.1) is 0 Å². The Labute approximate surface area is 202 Å². The van der Waals surface area contributed by atoms with Gasteiger partial charge in [-0.2, -0.15) is 4.31 Å². The molecule has 0 amide bonds. The van der Waals surface area contributed by atoms with Crippen LogP contribution in [-0.2, 0) is 16.6 Å². The average Bonchev–Trinajstić information content (AvgIpc) is 2.77. The molecule has 34 heavy (non-hydrogen) atoms. The van der Waals surface area contributed by atoms with Crippen molar-refractivity contribution in [1.82, 2.24) is 9.29 Å². The van der Waals surface area contributed by atoms with Crippen molar-refractivity contribution in [2.24, 2.45) is 0 Å². The maximum absolute atomic E-state index is 14.1. The molecule has 0 atom stereocenters. The zero-order valence-corrected chi connectivity index (χ0v) is 21.3. The van der Waals surface area contributed by atoms with Gasteiger partial charge in [0.25, 0.3) is 5.56 Å². The van der Waals surface area contributed by atoms with Crippen molar-refractivity contribution in [3.63, 3.8) is 0 Å². The number of sulfonamides is 1. The second-order valence-electron chi connectivity index (χ2n) is 9.38. The first kappa shape index (κ1) is 24.5. The van der Waals surface area contributed by atoms with Gasteiger partial charge in [-0.3, -0.25) is 4.79 Å². The fraction of sp³-hybridized carbons (Fsp3) is 0.444. The summed E-state index contributed by atoms with van der Waals surface area (Å²) in [6, 6.07) is 11.0. The number of hydrogen-bond donors (Lipinski definition) is 1. The van der Waals surface area contributed by atoms with Crippen molar-refractivity contribution in [1.29, 1.82) is 0 Å². The number of aromatic amines is 1. The van der Waals surface area contributed by atoms with Crippen molar-refractivity contribution < 1.29 is 13.2 Å². The Bertz CT molecular complexity index is 1330. The van der Waals surface area contributed by atoms with Crippen LogP contribution in [0.25, 0.3) is 10.9 Å². The quantitative estimate of drug-likeness (QED) is 0.491. The van der Waals surface area contributed by atoms with Crippen LogP contribution >= 0.6 is 0 Å². The SMILES string of the molecule is CCOc1ccc2[nH]c(=O)c(CN(C3CCCCC3)S(=O)(=O)c3c(C)cc(C)cc3C)cc2c1. The molecule has 0 unspecified atom stereocenters. The molecule has 1 aliphatic carbocycles. The molecule has 3 aromatic rings. The van der Waals surface area contributed by atoms with Crippen LogP contribution < -0.4 is 10.3 Å². The van der Waals surface area contributed by atoms with Crippen LogP contribution in [0, 0.1) is 20.8 Å². The summed E-state index contributed by atoms with van der Waals surface area (Å²) in [6.45, 7) is 8.19. The summed E-state index contributed by atoms with van der Waals surface area (Å²) < 4.78 is 35.4. The summed E-state index contributed by atoms with van der Waals surface area (Å²) in [4.78, 5) is 16.3. The standard InChI is InChI=1S/C27H34N2O4S/c1-5-33-24-11-12-25-21(16-24)15-22(27(30)28-25)17-29(23-9-7-6-8-10-23)34(31,32)26-19(3)13-18(2)14-20(26)4/h11-16,23H,5-10,17H2,1-4H3,(H,28,30). The number of benzene rings is 2. The molecule has 0 aliphatic heterocycles. The molecule has 182 valence electrons. The highest BCUT2D eigenvalue weighted by Crippen LogP contribution is 2.32. The van der Waals surface area contributed by atoms with Gasteiger partial charge in [-0.05, 0) is 75.9 Å². The summed E-state index contributed by atoms with van der Waals surface area (Å²) in [5.74, 6) is 0.718. The Morgan fingerprint density at radius 2 is 1.68 bits per heavy atom. The van der Waals surface area contributed by atoms with Crippen LogP contribution in [0.3, 0.4) is 0 Å². The van der Waals surface area contributed by atoms with Gasteiger partial charge in [0, 0.05) is 29.1 Å². The van der Waals surface area contributed by atoms with E-state index in [0.29, 0.717) is 22.6 Å². The van der Waals surface area contributed by atoms with Crippen LogP contribution in [0.1, 0.15) is 61.3 Å². The van der Waals surface area contributed by atoms with Gasteiger partial charge in [-0.1, -0.05) is 37.0 Å². The van der Waals surface area contributed by atoms with Gasteiger partial charge in [0.15, 0.2) is 0 Å². The van der Waals surface area contributed by atoms with Gasteiger partial charge >= 0.3 is 0 Å². The molecule has 7 heteroatoms. The Kier molecular flexibility index (Phi) is 7.14. The molecular weight excluding hydrogens is 448 g/mol. The average molecular weight is 483 g/mol. The number of nitrogens with one attached hydrogen (secondary N) is 1. The number of rotatable bonds is 7. The molecule has 4 rings (SSSR count). The van der Waals surface area contributed by atoms with Crippen molar-refractivity contribution >= 4 is 20.9 Å². The van der Waals surface area contributed by atoms with E-state index < -0.39 is 10.0 Å². The number of nitrogens with zero attached hydrogens (tertiary/aromatic N) is 1. The van der Waals surface area contributed by atoms with Crippen molar-refractivity contribution in [2.75, 3.05) is 6.61 Å². The fourth-order valence-corrected chi connectivity index (χ4v) is 7.32. The number of ether oxygens (including phenoxy) is 1. The molecular formula is C27H34N2O4S. The Morgan fingerprint density at radius 3 is 2.32 bits per heavy atom. The summed E-state index contributed by atoms with van der Waals surface area (Å²) >= 11 is 0. The van der Waals surface area contributed by atoms with E-state index in [1.807, 2.05) is 58.0 Å². The van der Waals surface area contributed by atoms with Gasteiger partial charge in [-0.25, -0.2) is 8.42 Å². The smallest absolute Gasteiger partial charge is 0.252 e. The zero-order valence-electron chi connectivity index (χ0n) is 20.5. The van der Waals surface area contributed by atoms with Crippen LogP contribution in [-0.4, -0.2) is 30.4 Å². The maximum Gasteiger partial charge on any atom is 0.252 e. The summed E-state index contributed by atoms with van der Waals surface area (Å²) in [7, 11) is -3.81. The molecule has 6 nitrogen and oxygen atoms in total. The van der Waals surface area contributed by atoms with Gasteiger partial charge in [0.2, 0.25) is 10.0 Å². The number of aromatic nitrogens is 1. The maximum atomic E-state index is 14.1. The third-order valence-corrected chi connectivity index (χ3v) is 8.89. The predicted molar refractivity (Wildman–Crippen MR) is 136 cm³/mol. The zero-order chi connectivity index (χ0) is 24.5. The Hall–Kier alpha value is -2.64. The van der Waals surface area contributed by atoms with Crippen LogP contribution in [0.4, 0.5) is 0 Å². The molecule has 2 aromatic carbocycles. The van der Waals surface area contributed by atoms with Crippen LogP contribution in [0.15, 0.2) is 46.1 Å². The van der Waals surface area contributed by atoms with Crippen LogP contribution in [0.5, 0.6) is 5.75 Å². The Morgan fingerprint density at radius 1 is 1.00 bits per heavy atom. The highest BCUT2D eigenvalue weighted by molar-refractivity contribution is 7.89. The Balaban J connectivity index is 1.80. The van der Waals surface area contributed by atoms with E-state index in [1.54, 1.807) is 10.4 Å². The molecule has 0 saturated heterocycles. The molecule has 1 heterocycles. The summed E-state index contributed by atoms with van der Waals surface area (Å²) in [6.07, 6.45) is 4.72. The van der Waals surface area contributed by atoms with Crippen molar-refractivity contribution in [2.45, 2.75) is 77.3 Å². The minimum atomic E-state index is -3.81. The number of aryl methyl sites for hydroxylation is 3. The van der Waals surface area contributed by atoms with E-state index in [9.17, 15) is 13.2 Å². The number of hydrogen-bond acceptors (Lipinski definition) is 4. The van der Waals surface area contributed by atoms with E-state index in [0.717, 1.165) is 59.9 Å². The summed E-state index contributed by atoms with van der Waals surface area (Å²) in [5, 5.41) is 0.823. The van der Waals surface area contributed by atoms with E-state index in [4.69, 9.17) is 4.74 Å². The number of pyridine rings is 1. The molecule has 0 bridgehead atoms. The minimum absolute atomic E-state index is 0.0455. The lowest BCUT2D eigenvalue weighted by Gasteiger charge is -2.34. The second kappa shape index (κ2) is 9.92. The molecule has 1 N–H and O–H groups in total. The largest absolute Gasteiger partial charge is 0.494 e. The molecule has 1 fully saturated rings. The third kappa shape index (κ3) is 4.91. The van der Waals surface area contributed by atoms with E-state index in [2.05, 4.69) is 4.98 Å². The molecule has 0 spiro atoms. The molecule has 0 radical (unpaired) electrons. The fourth-order valence-electron chi connectivity index (χ4n) is 5.24. The van der Waals surface area contributed by atoms with Gasteiger partial charge in [0.05, 0.1) is 11.5 Å². The molecule has 1 saturated carbocycles. The lowest BCUT2D eigenvalue weighted by molar-refractivity contribution is 0.247. The van der Waals surface area contributed by atoms with E-state index >= 15 is 0 Å². The van der Waals surface area contributed by atoms with Gasteiger partial charge < -0.3 is 9.72 Å². The summed E-state index contributed by atoms with van der Waals surface area (Å²) in [5.41, 5.74) is 3.41. The first-order valence-corrected chi connectivity index (χ1v) is 13.5. The number of H-pyrrole nitrogens is 1. The first-order valence-electron chi connectivity index (χ1n) is 12.1. The third-order valence-electron chi connectivity index (χ3n) is 6.68. The lowest BCUT2D eigenvalue weighted by atomic mass is 9.95. The van der Waals surface area contributed by atoms with Crippen molar-refractivity contribution in [3.8, 4) is 5.75 Å². The van der Waals surface area contributed by atoms with E-state index in [1.165, 1.54) is 0 Å². The lowest BCUT2D eigenvalue weighted by Crippen LogP contribution is -2.42. The molecule has 1 aliphatic rings. The van der Waals surface area contributed by atoms with Crippen LogP contribution in [0.2, 0.25) is 0 Å². The van der Waals surface area contributed by atoms with Crippen molar-refractivity contribution in [3.05, 3.63) is 69.0 Å². The monoisotopic (exact) mass is 482 g/mol. The second-order valence-corrected chi connectivity index (χ2v) is 11.2. The first-order chi connectivity index (χ1) is 16.2. The normalized spacial score (nSPS) is 15.2. The van der Waals surface area contributed by atoms with E-state index in [-0.39, 0.29) is 18.1 Å². The molecule has 1 aromatic heterocycles. The highest BCUT2D eigenvalue weighted by atomic mass is 32.2. The topological polar surface area (TPSA) is 79.5 Å². The minimum Gasteiger partial charge on any atom is -0.494 e. The number of fused-ring (bicyclic) bond motifs is 1. The highest BCUT2D eigenvalue weighted by Gasteiger charge is 2.35. The van der Waals surface area contributed by atoms with Gasteiger partial charge in [0.1, 0.15) is 5.75 Å².